The van der Waals surface area contributed by atoms with Crippen molar-refractivity contribution in [1.29, 1.82) is 0 Å². The van der Waals surface area contributed by atoms with Crippen LogP contribution in [-0.2, 0) is 6.18 Å². The molecule has 0 saturated carbocycles. The van der Waals surface area contributed by atoms with E-state index in [9.17, 15) is 18.0 Å². The van der Waals surface area contributed by atoms with Gasteiger partial charge in [0.15, 0.2) is 0 Å². The smallest absolute Gasteiger partial charge is 0.398 e. The molecule has 3 nitrogen and oxygen atoms in total. The van der Waals surface area contributed by atoms with Crippen LogP contribution in [0.4, 0.5) is 18.9 Å². The highest BCUT2D eigenvalue weighted by Crippen LogP contribution is 2.34. The average Bonchev–Trinajstić information content (AvgIpc) is 2.86. The van der Waals surface area contributed by atoms with Crippen molar-refractivity contribution in [2.24, 2.45) is 11.8 Å². The Balaban J connectivity index is 2.21. The number of anilines is 1. The molecule has 0 spiro atoms. The standard InChI is InChI=1S/C15H19F3N2O/c1-9(2)11-5-6-20(8-11)14(21)10-3-4-13(19)12(7-10)15(16,17)18/h3-4,7,9,11H,5-6,8,19H2,1-2H3. The minimum absolute atomic E-state index is 0.0425. The van der Waals surface area contributed by atoms with Gasteiger partial charge < -0.3 is 10.6 Å². The highest BCUT2D eigenvalue weighted by molar-refractivity contribution is 5.95. The molecule has 1 fully saturated rings. The van der Waals surface area contributed by atoms with Crippen LogP contribution in [0.3, 0.4) is 0 Å². The number of nitrogens with zero attached hydrogens (tertiary/aromatic N) is 1. The molecular weight excluding hydrogens is 281 g/mol. The lowest BCUT2D eigenvalue weighted by atomic mass is 9.95. The number of carbonyl (C=O) groups excluding carboxylic acids is 1. The van der Waals surface area contributed by atoms with Crippen LogP contribution in [0.1, 0.15) is 36.2 Å². The summed E-state index contributed by atoms with van der Waals surface area (Å²) in [5.74, 6) is 0.508. The topological polar surface area (TPSA) is 46.3 Å². The first-order chi connectivity index (χ1) is 9.70. The maximum Gasteiger partial charge on any atom is 0.418 e. The summed E-state index contributed by atoms with van der Waals surface area (Å²) in [6.07, 6.45) is -3.66. The van der Waals surface area contributed by atoms with Gasteiger partial charge >= 0.3 is 6.18 Å². The fourth-order valence-electron chi connectivity index (χ4n) is 2.63. The first-order valence-corrected chi connectivity index (χ1v) is 6.96. The lowest BCUT2D eigenvalue weighted by Crippen LogP contribution is -2.29. The van der Waals surface area contributed by atoms with Crippen molar-refractivity contribution in [3.63, 3.8) is 0 Å². The number of hydrogen-bond acceptors (Lipinski definition) is 2. The van der Waals surface area contributed by atoms with Crippen LogP contribution in [-0.4, -0.2) is 23.9 Å². The largest absolute Gasteiger partial charge is 0.418 e. The molecule has 1 aliphatic heterocycles. The number of halogens is 3. The molecule has 0 aromatic heterocycles. The van der Waals surface area contributed by atoms with Gasteiger partial charge in [0.05, 0.1) is 5.56 Å². The molecule has 2 rings (SSSR count). The molecule has 0 aliphatic carbocycles. The predicted molar refractivity (Wildman–Crippen MR) is 74.7 cm³/mol. The Morgan fingerprint density at radius 2 is 2.05 bits per heavy atom. The van der Waals surface area contributed by atoms with Gasteiger partial charge in [0, 0.05) is 24.3 Å². The van der Waals surface area contributed by atoms with Crippen LogP contribution in [0, 0.1) is 11.8 Å². The number of benzene rings is 1. The minimum atomic E-state index is -4.55. The van der Waals surface area contributed by atoms with Crippen molar-refractivity contribution in [1.82, 2.24) is 4.90 Å². The summed E-state index contributed by atoms with van der Waals surface area (Å²) in [6.45, 7) is 5.36. The molecule has 6 heteroatoms. The van der Waals surface area contributed by atoms with E-state index in [2.05, 4.69) is 13.8 Å². The normalized spacial score (nSPS) is 19.3. The lowest BCUT2D eigenvalue weighted by molar-refractivity contribution is -0.136. The second kappa shape index (κ2) is 5.58. The lowest BCUT2D eigenvalue weighted by Gasteiger charge is -2.19. The van der Waals surface area contributed by atoms with Crippen molar-refractivity contribution >= 4 is 11.6 Å². The molecule has 1 saturated heterocycles. The van der Waals surface area contributed by atoms with E-state index in [-0.39, 0.29) is 17.2 Å². The molecule has 1 heterocycles. The number of rotatable bonds is 2. The molecule has 1 amide bonds. The van der Waals surface area contributed by atoms with Gasteiger partial charge in [-0.3, -0.25) is 4.79 Å². The van der Waals surface area contributed by atoms with Crippen molar-refractivity contribution in [3.05, 3.63) is 29.3 Å². The summed E-state index contributed by atoms with van der Waals surface area (Å²) in [6, 6.07) is 3.35. The Labute approximate surface area is 121 Å². The molecule has 21 heavy (non-hydrogen) atoms. The highest BCUT2D eigenvalue weighted by atomic mass is 19.4. The van der Waals surface area contributed by atoms with Crippen molar-refractivity contribution in [3.8, 4) is 0 Å². The number of hydrogen-bond donors (Lipinski definition) is 1. The first kappa shape index (κ1) is 15.7. The molecule has 0 radical (unpaired) electrons. The number of alkyl halides is 3. The summed E-state index contributed by atoms with van der Waals surface area (Å²) in [5.41, 5.74) is 4.08. The zero-order valence-electron chi connectivity index (χ0n) is 12.1. The van der Waals surface area contributed by atoms with Gasteiger partial charge in [-0.1, -0.05) is 13.8 Å². The summed E-state index contributed by atoms with van der Waals surface area (Å²) in [7, 11) is 0. The fourth-order valence-corrected chi connectivity index (χ4v) is 2.63. The number of likely N-dealkylation sites (tertiary alicyclic amines) is 1. The summed E-state index contributed by atoms with van der Waals surface area (Å²) >= 11 is 0. The van der Waals surface area contributed by atoms with Crippen LogP contribution < -0.4 is 5.73 Å². The maximum absolute atomic E-state index is 12.8. The Hall–Kier alpha value is -1.72. The number of nitrogen functional groups attached to an aromatic ring is 1. The monoisotopic (exact) mass is 300 g/mol. The van der Waals surface area contributed by atoms with E-state index >= 15 is 0 Å². The SMILES string of the molecule is CC(C)C1CCN(C(=O)c2ccc(N)c(C(F)(F)F)c2)C1. The molecule has 1 unspecified atom stereocenters. The number of carbonyl (C=O) groups is 1. The van der Waals surface area contributed by atoms with Crippen LogP contribution in [0.25, 0.3) is 0 Å². The summed E-state index contributed by atoms with van der Waals surface area (Å²) in [4.78, 5) is 13.9. The quantitative estimate of drug-likeness (QED) is 0.851. The second-order valence-corrected chi connectivity index (χ2v) is 5.84. The molecule has 1 aromatic carbocycles. The van der Waals surface area contributed by atoms with Gasteiger partial charge in [0.25, 0.3) is 5.91 Å². The third kappa shape index (κ3) is 3.31. The van der Waals surface area contributed by atoms with E-state index in [1.807, 2.05) is 0 Å². The molecule has 116 valence electrons. The molecule has 1 aromatic rings. The minimum Gasteiger partial charge on any atom is -0.398 e. The van der Waals surface area contributed by atoms with Gasteiger partial charge in [-0.15, -0.1) is 0 Å². The van der Waals surface area contributed by atoms with Gasteiger partial charge in [-0.2, -0.15) is 13.2 Å². The third-order valence-electron chi connectivity index (χ3n) is 4.06. The molecule has 0 bridgehead atoms. The Morgan fingerprint density at radius 3 is 2.57 bits per heavy atom. The zero-order valence-corrected chi connectivity index (χ0v) is 12.1. The van der Waals surface area contributed by atoms with Gasteiger partial charge in [-0.25, -0.2) is 0 Å². The van der Waals surface area contributed by atoms with Gasteiger partial charge in [0.1, 0.15) is 0 Å². The van der Waals surface area contributed by atoms with E-state index in [0.717, 1.165) is 18.6 Å². The van der Waals surface area contributed by atoms with Crippen molar-refractivity contribution in [2.45, 2.75) is 26.4 Å². The van der Waals surface area contributed by atoms with E-state index in [4.69, 9.17) is 5.73 Å². The Morgan fingerprint density at radius 1 is 1.38 bits per heavy atom. The van der Waals surface area contributed by atoms with E-state index in [1.165, 1.54) is 6.07 Å². The van der Waals surface area contributed by atoms with Crippen LogP contribution in [0.5, 0.6) is 0 Å². The molecule has 1 atom stereocenters. The Bertz CT molecular complexity index is 540. The third-order valence-corrected chi connectivity index (χ3v) is 4.06. The number of nitrogens with two attached hydrogens (primary N) is 1. The van der Waals surface area contributed by atoms with E-state index < -0.39 is 11.7 Å². The fraction of sp³-hybridized carbons (Fsp3) is 0.533. The van der Waals surface area contributed by atoms with Crippen molar-refractivity contribution in [2.75, 3.05) is 18.8 Å². The van der Waals surface area contributed by atoms with Crippen molar-refractivity contribution < 1.29 is 18.0 Å². The zero-order chi connectivity index (χ0) is 15.8. The summed E-state index contributed by atoms with van der Waals surface area (Å²) in [5, 5.41) is 0. The Kier molecular flexibility index (Phi) is 4.16. The second-order valence-electron chi connectivity index (χ2n) is 5.84. The number of amides is 1. The molecule has 1 aliphatic rings. The maximum atomic E-state index is 12.8. The van der Waals surface area contributed by atoms with Gasteiger partial charge in [-0.05, 0) is 36.5 Å². The molecular formula is C15H19F3N2O. The van der Waals surface area contributed by atoms with Gasteiger partial charge in [0.2, 0.25) is 0 Å². The van der Waals surface area contributed by atoms with E-state index in [0.29, 0.717) is 24.9 Å². The van der Waals surface area contributed by atoms with Crippen LogP contribution >= 0.6 is 0 Å². The van der Waals surface area contributed by atoms with Crippen LogP contribution in [0.15, 0.2) is 18.2 Å². The molecule has 2 N–H and O–H groups in total. The first-order valence-electron chi connectivity index (χ1n) is 6.96. The predicted octanol–water partition coefficient (Wildman–Crippen LogP) is 3.41. The highest BCUT2D eigenvalue weighted by Gasteiger charge is 2.35. The summed E-state index contributed by atoms with van der Waals surface area (Å²) < 4.78 is 38.5. The van der Waals surface area contributed by atoms with Crippen LogP contribution in [0.2, 0.25) is 0 Å². The van der Waals surface area contributed by atoms with E-state index in [1.54, 1.807) is 4.90 Å². The average molecular weight is 300 g/mol.